The fourth-order valence-corrected chi connectivity index (χ4v) is 4.96. The van der Waals surface area contributed by atoms with Gasteiger partial charge in [-0.25, -0.2) is 14.4 Å². The SMILES string of the molecule is COc1ccc(F)c(-c2ncc(COc3cccc([C@@H](CC(=O)O)C4CC4)c3)nc2OC2CCCC2)c1. The van der Waals surface area contributed by atoms with E-state index < -0.39 is 11.8 Å². The van der Waals surface area contributed by atoms with Gasteiger partial charge in [-0.15, -0.1) is 0 Å². The largest absolute Gasteiger partial charge is 0.497 e. The zero-order valence-corrected chi connectivity index (χ0v) is 20.9. The molecule has 0 radical (unpaired) electrons. The van der Waals surface area contributed by atoms with Crippen molar-refractivity contribution < 1.29 is 28.5 Å². The van der Waals surface area contributed by atoms with Gasteiger partial charge in [-0.2, -0.15) is 0 Å². The predicted molar refractivity (Wildman–Crippen MR) is 135 cm³/mol. The second-order valence-electron chi connectivity index (χ2n) is 9.79. The minimum Gasteiger partial charge on any atom is -0.497 e. The Kier molecular flexibility index (Phi) is 7.53. The van der Waals surface area contributed by atoms with Gasteiger partial charge in [-0.1, -0.05) is 12.1 Å². The Morgan fingerprint density at radius 1 is 1.11 bits per heavy atom. The van der Waals surface area contributed by atoms with Gasteiger partial charge in [0.2, 0.25) is 5.88 Å². The highest BCUT2D eigenvalue weighted by molar-refractivity contribution is 5.68. The van der Waals surface area contributed by atoms with Crippen LogP contribution in [-0.2, 0) is 11.4 Å². The molecule has 0 unspecified atom stereocenters. The quantitative estimate of drug-likeness (QED) is 0.333. The van der Waals surface area contributed by atoms with Gasteiger partial charge in [0.1, 0.15) is 41.4 Å². The molecule has 2 saturated carbocycles. The second-order valence-corrected chi connectivity index (χ2v) is 9.79. The molecule has 0 bridgehead atoms. The molecule has 3 aromatic rings. The van der Waals surface area contributed by atoms with Crippen LogP contribution in [0.15, 0.2) is 48.7 Å². The molecular weight excluding hydrogens is 475 g/mol. The molecule has 1 aromatic heterocycles. The smallest absolute Gasteiger partial charge is 0.303 e. The lowest BCUT2D eigenvalue weighted by molar-refractivity contribution is -0.137. The van der Waals surface area contributed by atoms with Crippen LogP contribution in [0.5, 0.6) is 17.4 Å². The van der Waals surface area contributed by atoms with Crippen molar-refractivity contribution in [3.63, 3.8) is 0 Å². The van der Waals surface area contributed by atoms with Gasteiger partial charge in [0, 0.05) is 5.56 Å². The molecule has 1 heterocycles. The van der Waals surface area contributed by atoms with Crippen LogP contribution in [0.1, 0.15) is 62.1 Å². The average molecular weight is 507 g/mol. The van der Waals surface area contributed by atoms with Gasteiger partial charge in [0.05, 0.1) is 19.7 Å². The van der Waals surface area contributed by atoms with Gasteiger partial charge >= 0.3 is 5.97 Å². The number of hydrogen-bond acceptors (Lipinski definition) is 6. The fraction of sp³-hybridized carbons (Fsp3) is 0.414. The van der Waals surface area contributed by atoms with Crippen LogP contribution >= 0.6 is 0 Å². The van der Waals surface area contributed by atoms with E-state index in [-0.39, 0.29) is 36.5 Å². The van der Waals surface area contributed by atoms with Gasteiger partial charge in [0.15, 0.2) is 0 Å². The Hall–Kier alpha value is -3.68. The molecule has 0 aliphatic heterocycles. The topological polar surface area (TPSA) is 90.8 Å². The molecule has 0 saturated heterocycles. The number of carbonyl (C=O) groups is 1. The van der Waals surface area contributed by atoms with E-state index >= 15 is 0 Å². The molecule has 2 aliphatic rings. The summed E-state index contributed by atoms with van der Waals surface area (Å²) in [5.41, 5.74) is 2.12. The van der Waals surface area contributed by atoms with Crippen LogP contribution in [0.25, 0.3) is 11.3 Å². The molecule has 194 valence electrons. The molecule has 2 fully saturated rings. The number of ether oxygens (including phenoxy) is 3. The molecule has 1 atom stereocenters. The van der Waals surface area contributed by atoms with Crippen LogP contribution in [0, 0.1) is 11.7 Å². The normalized spacial score (nSPS) is 16.4. The Labute approximate surface area is 215 Å². The standard InChI is InChI=1S/C29H31FN2O5/c1-35-22-11-12-26(30)25(14-22)28-29(37-21-6-2-3-7-21)32-20(16-31-28)17-36-23-8-4-5-19(13-23)24(15-27(33)34)18-9-10-18/h4-5,8,11-14,16,18,21,24H,2-3,6-7,9-10,15,17H2,1H3,(H,33,34)/t24-/m0/s1. The first-order valence-corrected chi connectivity index (χ1v) is 12.8. The molecule has 5 rings (SSSR count). The van der Waals surface area contributed by atoms with E-state index in [4.69, 9.17) is 14.2 Å². The van der Waals surface area contributed by atoms with Gasteiger partial charge < -0.3 is 19.3 Å². The van der Waals surface area contributed by atoms with E-state index in [2.05, 4.69) is 9.97 Å². The molecule has 0 spiro atoms. The van der Waals surface area contributed by atoms with Crippen molar-refractivity contribution in [3.8, 4) is 28.6 Å². The van der Waals surface area contributed by atoms with Crippen LogP contribution in [0.3, 0.4) is 0 Å². The lowest BCUT2D eigenvalue weighted by Crippen LogP contribution is -2.14. The average Bonchev–Trinajstić information content (AvgIpc) is 3.62. The maximum Gasteiger partial charge on any atom is 0.303 e. The van der Waals surface area contributed by atoms with Gasteiger partial charge in [-0.3, -0.25) is 4.79 Å². The number of hydrogen-bond donors (Lipinski definition) is 1. The summed E-state index contributed by atoms with van der Waals surface area (Å²) in [7, 11) is 1.53. The van der Waals surface area contributed by atoms with E-state index in [1.54, 1.807) is 18.3 Å². The third-order valence-corrected chi connectivity index (χ3v) is 7.06. The van der Waals surface area contributed by atoms with Crippen molar-refractivity contribution >= 4 is 5.97 Å². The first-order chi connectivity index (χ1) is 18.0. The van der Waals surface area contributed by atoms with Crippen molar-refractivity contribution in [2.75, 3.05) is 7.11 Å². The number of nitrogens with zero attached hydrogens (tertiary/aromatic N) is 2. The van der Waals surface area contributed by atoms with Crippen molar-refractivity contribution in [1.82, 2.24) is 9.97 Å². The molecule has 1 N–H and O–H groups in total. The zero-order valence-electron chi connectivity index (χ0n) is 20.9. The third-order valence-electron chi connectivity index (χ3n) is 7.06. The van der Waals surface area contributed by atoms with E-state index in [9.17, 15) is 14.3 Å². The number of aliphatic carboxylic acids is 1. The molecule has 2 aromatic carbocycles. The van der Waals surface area contributed by atoms with Crippen LogP contribution in [0.2, 0.25) is 0 Å². The Morgan fingerprint density at radius 2 is 1.92 bits per heavy atom. The third kappa shape index (κ3) is 6.18. The molecule has 2 aliphatic carbocycles. The lowest BCUT2D eigenvalue weighted by Gasteiger charge is -2.17. The minimum absolute atomic E-state index is 0.00991. The summed E-state index contributed by atoms with van der Waals surface area (Å²) in [6, 6.07) is 12.1. The summed E-state index contributed by atoms with van der Waals surface area (Å²) < 4.78 is 32.3. The van der Waals surface area contributed by atoms with Gasteiger partial charge in [-0.05, 0) is 86.3 Å². The second kappa shape index (κ2) is 11.2. The summed E-state index contributed by atoms with van der Waals surface area (Å²) >= 11 is 0. The Morgan fingerprint density at radius 3 is 2.65 bits per heavy atom. The number of aromatic nitrogens is 2. The maximum absolute atomic E-state index is 14.8. The highest BCUT2D eigenvalue weighted by atomic mass is 19.1. The monoisotopic (exact) mass is 506 g/mol. The van der Waals surface area contributed by atoms with Crippen LogP contribution in [-0.4, -0.2) is 34.3 Å². The predicted octanol–water partition coefficient (Wildman–Crippen LogP) is 6.16. The summed E-state index contributed by atoms with van der Waals surface area (Å²) in [5, 5.41) is 9.33. The minimum atomic E-state index is -0.791. The first kappa shape index (κ1) is 25.0. The highest BCUT2D eigenvalue weighted by Gasteiger charge is 2.34. The fourth-order valence-electron chi connectivity index (χ4n) is 4.96. The molecule has 7 nitrogen and oxygen atoms in total. The number of benzene rings is 2. The van der Waals surface area contributed by atoms with Gasteiger partial charge in [0.25, 0.3) is 0 Å². The van der Waals surface area contributed by atoms with E-state index in [1.807, 2.05) is 24.3 Å². The van der Waals surface area contributed by atoms with E-state index in [1.165, 1.54) is 13.2 Å². The zero-order chi connectivity index (χ0) is 25.8. The molecule has 0 amide bonds. The first-order valence-electron chi connectivity index (χ1n) is 12.8. The summed E-state index contributed by atoms with van der Waals surface area (Å²) in [6.45, 7) is 0.144. The summed E-state index contributed by atoms with van der Waals surface area (Å²) in [5.74, 6) is 0.617. The highest BCUT2D eigenvalue weighted by Crippen LogP contribution is 2.45. The number of halogens is 1. The number of carboxylic acid groups (broad SMARTS) is 1. The van der Waals surface area contributed by atoms with E-state index in [0.29, 0.717) is 28.8 Å². The number of methoxy groups -OCH3 is 1. The number of rotatable bonds is 11. The van der Waals surface area contributed by atoms with Crippen molar-refractivity contribution in [1.29, 1.82) is 0 Å². The van der Waals surface area contributed by atoms with Crippen molar-refractivity contribution in [2.45, 2.75) is 63.6 Å². The summed E-state index contributed by atoms with van der Waals surface area (Å²) in [4.78, 5) is 20.6. The van der Waals surface area contributed by atoms with Crippen molar-refractivity contribution in [2.24, 2.45) is 5.92 Å². The van der Waals surface area contributed by atoms with Crippen molar-refractivity contribution in [3.05, 3.63) is 65.7 Å². The van der Waals surface area contributed by atoms with Crippen LogP contribution in [0.4, 0.5) is 4.39 Å². The Bertz CT molecular complexity index is 1260. The Balaban J connectivity index is 1.37. The number of carboxylic acids is 1. The van der Waals surface area contributed by atoms with E-state index in [0.717, 1.165) is 44.1 Å². The molecular formula is C29H31FN2O5. The van der Waals surface area contributed by atoms with Crippen LogP contribution < -0.4 is 14.2 Å². The molecule has 37 heavy (non-hydrogen) atoms. The molecule has 8 heteroatoms. The maximum atomic E-state index is 14.8. The summed E-state index contributed by atoms with van der Waals surface area (Å²) in [6.07, 6.45) is 7.84. The lowest BCUT2D eigenvalue weighted by atomic mass is 9.91.